The van der Waals surface area contributed by atoms with Crippen molar-refractivity contribution in [3.8, 4) is 0 Å². The van der Waals surface area contributed by atoms with Crippen LogP contribution in [0.5, 0.6) is 0 Å². The van der Waals surface area contributed by atoms with Crippen molar-refractivity contribution in [3.63, 3.8) is 0 Å². The molecule has 0 bridgehead atoms. The van der Waals surface area contributed by atoms with Crippen LogP contribution in [0.4, 0.5) is 23.0 Å². The number of pyridine rings is 2. The molecule has 0 amide bonds. The van der Waals surface area contributed by atoms with Crippen LogP contribution in [-0.2, 0) is 0 Å². The van der Waals surface area contributed by atoms with Gasteiger partial charge in [-0.15, -0.1) is 0 Å². The lowest BCUT2D eigenvalue weighted by atomic mass is 10.1. The monoisotopic (exact) mass is 526 g/mol. The first-order valence-electron chi connectivity index (χ1n) is 12.8. The van der Waals surface area contributed by atoms with Crippen molar-refractivity contribution in [2.45, 2.75) is 45.5 Å². The van der Waals surface area contributed by atoms with Gasteiger partial charge in [-0.3, -0.25) is 0 Å². The summed E-state index contributed by atoms with van der Waals surface area (Å²) in [6.07, 6.45) is 3.81. The van der Waals surface area contributed by atoms with Gasteiger partial charge in [-0.2, -0.15) is 0 Å². The first-order chi connectivity index (χ1) is 17.9. The lowest BCUT2D eigenvalue weighted by Crippen LogP contribution is -2.59. The summed E-state index contributed by atoms with van der Waals surface area (Å²) in [7, 11) is 4.73. The fourth-order valence-electron chi connectivity index (χ4n) is 5.08. The third kappa shape index (κ3) is 4.39. The van der Waals surface area contributed by atoms with Crippen LogP contribution in [0.1, 0.15) is 13.8 Å². The minimum atomic E-state index is 0.360. The molecular weight excluding hydrogens is 494 g/mol. The number of nitrogens with zero attached hydrogens (tertiary/aromatic N) is 5. The summed E-state index contributed by atoms with van der Waals surface area (Å²) < 4.78 is 0.877. The molecule has 2 aromatic carbocycles. The number of aromatic nitrogens is 2. The van der Waals surface area contributed by atoms with E-state index in [0.29, 0.717) is 12.1 Å². The van der Waals surface area contributed by atoms with Gasteiger partial charge in [-0.05, 0) is 62.4 Å². The second-order valence-electron chi connectivity index (χ2n) is 10.3. The molecule has 2 aliphatic rings. The lowest BCUT2D eigenvalue weighted by molar-refractivity contribution is -0.931. The van der Waals surface area contributed by atoms with Crippen LogP contribution >= 0.6 is 23.5 Å². The van der Waals surface area contributed by atoms with Gasteiger partial charge >= 0.3 is 0 Å². The van der Waals surface area contributed by atoms with Crippen LogP contribution in [0.25, 0.3) is 0 Å². The second kappa shape index (κ2) is 9.71. The zero-order valence-electron chi connectivity index (χ0n) is 21.7. The van der Waals surface area contributed by atoms with E-state index in [0.717, 1.165) is 29.2 Å². The number of rotatable bonds is 6. The maximum absolute atomic E-state index is 4.80. The van der Waals surface area contributed by atoms with E-state index in [1.807, 2.05) is 48.1 Å². The highest BCUT2D eigenvalue weighted by atomic mass is 32.2. The van der Waals surface area contributed by atoms with Crippen LogP contribution in [0.3, 0.4) is 0 Å². The molecule has 0 fully saturated rings. The van der Waals surface area contributed by atoms with Crippen molar-refractivity contribution in [1.82, 2.24) is 9.97 Å². The highest BCUT2D eigenvalue weighted by Gasteiger charge is 2.37. The molecule has 0 radical (unpaired) electrons. The molecule has 7 heteroatoms. The molecule has 188 valence electrons. The van der Waals surface area contributed by atoms with E-state index in [1.165, 1.54) is 31.0 Å². The number of anilines is 4. The van der Waals surface area contributed by atoms with Crippen molar-refractivity contribution < 1.29 is 4.48 Å². The van der Waals surface area contributed by atoms with Crippen molar-refractivity contribution in [3.05, 3.63) is 85.2 Å². The van der Waals surface area contributed by atoms with Crippen LogP contribution in [0.15, 0.2) is 105 Å². The topological polar surface area (TPSA) is 32.3 Å². The van der Waals surface area contributed by atoms with Crippen LogP contribution in [0.2, 0.25) is 0 Å². The molecule has 0 saturated carbocycles. The number of hydrogen-bond donors (Lipinski definition) is 0. The largest absolute Gasteiger partial charge is 0.321 e. The third-order valence-electron chi connectivity index (χ3n) is 7.93. The van der Waals surface area contributed by atoms with Gasteiger partial charge in [0.25, 0.3) is 0 Å². The van der Waals surface area contributed by atoms with Crippen LogP contribution in [0, 0.1) is 0 Å². The highest BCUT2D eigenvalue weighted by molar-refractivity contribution is 8.00. The fourth-order valence-corrected chi connectivity index (χ4v) is 7.21. The summed E-state index contributed by atoms with van der Waals surface area (Å²) >= 11 is 3.63. The minimum absolute atomic E-state index is 0.360. The molecule has 2 unspecified atom stereocenters. The van der Waals surface area contributed by atoms with Crippen molar-refractivity contribution in [2.75, 3.05) is 37.0 Å². The van der Waals surface area contributed by atoms with Crippen molar-refractivity contribution in [2.24, 2.45) is 0 Å². The van der Waals surface area contributed by atoms with E-state index in [-0.39, 0.29) is 0 Å². The zero-order valence-corrected chi connectivity index (χ0v) is 23.3. The Kier molecular flexibility index (Phi) is 6.39. The molecule has 37 heavy (non-hydrogen) atoms. The molecule has 0 spiro atoms. The Labute approximate surface area is 228 Å². The van der Waals surface area contributed by atoms with Gasteiger partial charge in [0.1, 0.15) is 23.7 Å². The number of fused-ring (bicyclic) bond motifs is 4. The van der Waals surface area contributed by atoms with Gasteiger partial charge in [0, 0.05) is 22.2 Å². The second-order valence-corrected chi connectivity index (χ2v) is 12.5. The van der Waals surface area contributed by atoms with E-state index in [9.17, 15) is 0 Å². The summed E-state index contributed by atoms with van der Waals surface area (Å²) in [5, 5.41) is 0. The molecular formula is C30H32N5S2+. The van der Waals surface area contributed by atoms with E-state index in [2.05, 4.69) is 98.4 Å². The van der Waals surface area contributed by atoms with Crippen LogP contribution in [-0.4, -0.2) is 53.7 Å². The predicted octanol–water partition coefficient (Wildman–Crippen LogP) is 7.24. The number of quaternary nitrogens is 1. The SMILES string of the molecule is CC(CN1c2ccccc2Sc2cccnc21)[N+](C)(C)C(C)CN1c2ccccc2Sc2cccnc21. The summed E-state index contributed by atoms with van der Waals surface area (Å²) in [5.41, 5.74) is 2.50. The Bertz CT molecular complexity index is 1240. The number of likely N-dealkylation sites (N-methyl/N-ethyl adjacent to an activating group) is 1. The molecule has 0 N–H and O–H groups in total. The molecule has 4 aromatic rings. The average molecular weight is 527 g/mol. The summed E-state index contributed by atoms with van der Waals surface area (Å²) in [6, 6.07) is 26.5. The van der Waals surface area contributed by atoms with Gasteiger partial charge in [0.05, 0.1) is 48.4 Å². The zero-order chi connectivity index (χ0) is 25.6. The summed E-state index contributed by atoms with van der Waals surface area (Å²) in [5.74, 6) is 2.12. The predicted molar refractivity (Wildman–Crippen MR) is 155 cm³/mol. The minimum Gasteiger partial charge on any atom is -0.321 e. The molecule has 2 aliphatic heterocycles. The quantitative estimate of drug-likeness (QED) is 0.246. The normalized spacial score (nSPS) is 15.8. The van der Waals surface area contributed by atoms with Gasteiger partial charge < -0.3 is 14.3 Å². The van der Waals surface area contributed by atoms with E-state index in [4.69, 9.17) is 9.97 Å². The van der Waals surface area contributed by atoms with Crippen LogP contribution < -0.4 is 9.80 Å². The number of hydrogen-bond acceptors (Lipinski definition) is 6. The van der Waals surface area contributed by atoms with Gasteiger partial charge in [0.2, 0.25) is 0 Å². The van der Waals surface area contributed by atoms with Crippen molar-refractivity contribution >= 4 is 46.5 Å². The first kappa shape index (κ1) is 24.3. The van der Waals surface area contributed by atoms with Crippen molar-refractivity contribution in [1.29, 1.82) is 0 Å². The highest BCUT2D eigenvalue weighted by Crippen LogP contribution is 2.48. The fraction of sp³-hybridized carbons (Fsp3) is 0.267. The Hall–Kier alpha value is -3.00. The lowest BCUT2D eigenvalue weighted by Gasteiger charge is -2.46. The van der Waals surface area contributed by atoms with E-state index in [1.54, 1.807) is 0 Å². The first-order valence-corrected chi connectivity index (χ1v) is 14.4. The molecule has 2 atom stereocenters. The Morgan fingerprint density at radius 3 is 1.49 bits per heavy atom. The Morgan fingerprint density at radius 1 is 0.622 bits per heavy atom. The molecule has 4 heterocycles. The number of para-hydroxylation sites is 2. The molecule has 6 rings (SSSR count). The summed E-state index contributed by atoms with van der Waals surface area (Å²) in [4.78, 5) is 19.5. The molecule has 2 aromatic heterocycles. The Morgan fingerprint density at radius 2 is 1.03 bits per heavy atom. The Balaban J connectivity index is 1.28. The number of benzene rings is 2. The third-order valence-corrected chi connectivity index (χ3v) is 10.1. The average Bonchev–Trinajstić information content (AvgIpc) is 2.92. The van der Waals surface area contributed by atoms with Gasteiger partial charge in [-0.25, -0.2) is 9.97 Å². The van der Waals surface area contributed by atoms with E-state index >= 15 is 0 Å². The van der Waals surface area contributed by atoms with Gasteiger partial charge in [0.15, 0.2) is 0 Å². The summed E-state index contributed by atoms with van der Waals surface area (Å²) in [6.45, 7) is 6.52. The maximum Gasteiger partial charge on any atom is 0.147 e. The van der Waals surface area contributed by atoms with E-state index < -0.39 is 0 Å². The smallest absolute Gasteiger partial charge is 0.147 e. The standard InChI is InChI=1S/C30H32N5S2/c1-21(19-33-23-11-5-7-13-25(23)36-27-15-9-17-31-29(27)33)35(3,4)22(2)20-34-24-12-6-8-14-26(24)37-28-16-10-18-32-30(28)34/h5-18,21-22H,19-20H2,1-4H3/q+1. The molecule has 5 nitrogen and oxygen atoms in total. The molecule has 0 aliphatic carbocycles. The maximum atomic E-state index is 4.80. The molecule has 0 saturated heterocycles. The van der Waals surface area contributed by atoms with Gasteiger partial charge in [-0.1, -0.05) is 47.8 Å².